The SMILES string of the molecule is C=CC(OC(=O)C1C(C=C(Cl)Cl)C1(C)C)c1ccccc1Cc1ccccc1. The Morgan fingerprint density at radius 2 is 1.79 bits per heavy atom. The van der Waals surface area contributed by atoms with Gasteiger partial charge in [-0.1, -0.05) is 98.2 Å². The second kappa shape index (κ2) is 8.55. The van der Waals surface area contributed by atoms with Gasteiger partial charge in [0.2, 0.25) is 0 Å². The lowest BCUT2D eigenvalue weighted by atomic mass is 9.96. The van der Waals surface area contributed by atoms with Crippen LogP contribution in [0, 0.1) is 17.3 Å². The predicted molar refractivity (Wildman–Crippen MR) is 115 cm³/mol. The highest BCUT2D eigenvalue weighted by Gasteiger charge is 2.61. The molecule has 0 heterocycles. The summed E-state index contributed by atoms with van der Waals surface area (Å²) in [6.45, 7) is 7.92. The molecule has 1 saturated carbocycles. The second-order valence-electron chi connectivity index (χ2n) is 7.74. The number of hydrogen-bond acceptors (Lipinski definition) is 2. The first-order valence-corrected chi connectivity index (χ1v) is 10.1. The molecule has 0 amide bonds. The van der Waals surface area contributed by atoms with Crippen molar-refractivity contribution in [3.8, 4) is 0 Å². The molecule has 2 aromatic rings. The minimum Gasteiger partial charge on any atom is -0.453 e. The van der Waals surface area contributed by atoms with Crippen LogP contribution in [0.15, 0.2) is 77.8 Å². The minimum absolute atomic E-state index is 0.0185. The number of halogens is 2. The molecule has 0 spiro atoms. The molecule has 0 radical (unpaired) electrons. The minimum atomic E-state index is -0.500. The average Bonchev–Trinajstić information content (AvgIpc) is 3.20. The maximum Gasteiger partial charge on any atom is 0.311 e. The number of benzene rings is 2. The van der Waals surface area contributed by atoms with Crippen molar-refractivity contribution in [3.05, 3.63) is 94.5 Å². The van der Waals surface area contributed by atoms with Crippen LogP contribution in [0.5, 0.6) is 0 Å². The van der Waals surface area contributed by atoms with E-state index in [1.165, 1.54) is 5.56 Å². The molecule has 3 unspecified atom stereocenters. The van der Waals surface area contributed by atoms with Crippen molar-refractivity contribution < 1.29 is 9.53 Å². The Morgan fingerprint density at radius 1 is 1.14 bits per heavy atom. The molecule has 3 rings (SSSR count). The molecule has 2 aromatic carbocycles. The van der Waals surface area contributed by atoms with Gasteiger partial charge in [-0.15, -0.1) is 0 Å². The Kier molecular flexibility index (Phi) is 6.32. The zero-order chi connectivity index (χ0) is 20.3. The summed E-state index contributed by atoms with van der Waals surface area (Å²) in [5.74, 6) is -0.529. The van der Waals surface area contributed by atoms with E-state index in [2.05, 4.69) is 24.8 Å². The monoisotopic (exact) mass is 414 g/mol. The van der Waals surface area contributed by atoms with E-state index in [0.717, 1.165) is 17.5 Å². The van der Waals surface area contributed by atoms with Crippen LogP contribution < -0.4 is 0 Å². The van der Waals surface area contributed by atoms with E-state index in [0.29, 0.717) is 0 Å². The molecule has 0 bridgehead atoms. The molecule has 1 aliphatic carbocycles. The Morgan fingerprint density at radius 3 is 2.43 bits per heavy atom. The van der Waals surface area contributed by atoms with Gasteiger partial charge in [-0.3, -0.25) is 4.79 Å². The summed E-state index contributed by atoms with van der Waals surface area (Å²) in [6.07, 6.45) is 3.67. The van der Waals surface area contributed by atoms with Gasteiger partial charge in [0.15, 0.2) is 0 Å². The van der Waals surface area contributed by atoms with Crippen LogP contribution in [0.3, 0.4) is 0 Å². The van der Waals surface area contributed by atoms with Crippen molar-refractivity contribution in [1.29, 1.82) is 0 Å². The van der Waals surface area contributed by atoms with E-state index in [1.807, 2.05) is 50.2 Å². The smallest absolute Gasteiger partial charge is 0.311 e. The first kappa shape index (κ1) is 20.7. The van der Waals surface area contributed by atoms with Gasteiger partial charge in [-0.05, 0) is 46.6 Å². The highest BCUT2D eigenvalue weighted by Crippen LogP contribution is 2.60. The number of rotatable bonds is 7. The van der Waals surface area contributed by atoms with Gasteiger partial charge in [-0.25, -0.2) is 0 Å². The third-order valence-electron chi connectivity index (χ3n) is 5.53. The molecule has 1 fully saturated rings. The van der Waals surface area contributed by atoms with E-state index in [1.54, 1.807) is 12.2 Å². The van der Waals surface area contributed by atoms with Crippen molar-refractivity contribution in [2.45, 2.75) is 26.4 Å². The van der Waals surface area contributed by atoms with Crippen LogP contribution in [-0.2, 0) is 16.0 Å². The third-order valence-corrected chi connectivity index (χ3v) is 5.78. The summed E-state index contributed by atoms with van der Waals surface area (Å²) in [5.41, 5.74) is 3.05. The van der Waals surface area contributed by atoms with E-state index in [4.69, 9.17) is 27.9 Å². The highest BCUT2D eigenvalue weighted by atomic mass is 35.5. The summed E-state index contributed by atoms with van der Waals surface area (Å²) in [4.78, 5) is 12.8. The molecule has 146 valence electrons. The van der Waals surface area contributed by atoms with Crippen molar-refractivity contribution in [2.24, 2.45) is 17.3 Å². The molecule has 28 heavy (non-hydrogen) atoms. The van der Waals surface area contributed by atoms with Gasteiger partial charge in [0.05, 0.1) is 5.92 Å². The van der Waals surface area contributed by atoms with Crippen LogP contribution in [0.1, 0.15) is 36.6 Å². The van der Waals surface area contributed by atoms with Crippen LogP contribution in [0.2, 0.25) is 0 Å². The summed E-state index contributed by atoms with van der Waals surface area (Å²) >= 11 is 11.6. The molecule has 3 atom stereocenters. The summed E-state index contributed by atoms with van der Waals surface area (Å²) in [5, 5.41) is 0. The van der Waals surface area contributed by atoms with E-state index in [-0.39, 0.29) is 27.7 Å². The maximum atomic E-state index is 12.8. The summed E-state index contributed by atoms with van der Waals surface area (Å²) in [6, 6.07) is 18.2. The third kappa shape index (κ3) is 4.51. The standard InChI is InChI=1S/C24H24Cl2O2/c1-4-20(28-23(27)22-19(15-21(25)26)24(22,2)3)18-13-9-8-12-17(18)14-16-10-6-5-7-11-16/h4-13,15,19-20,22H,1,14H2,2-3H3. The molecule has 0 aromatic heterocycles. The summed E-state index contributed by atoms with van der Waals surface area (Å²) < 4.78 is 6.05. The molecular weight excluding hydrogens is 391 g/mol. The Bertz CT molecular complexity index is 882. The number of carbonyl (C=O) groups is 1. The molecule has 4 heteroatoms. The lowest BCUT2D eigenvalue weighted by Gasteiger charge is -2.19. The molecule has 1 aliphatic rings. The van der Waals surface area contributed by atoms with Gasteiger partial charge in [-0.2, -0.15) is 0 Å². The predicted octanol–water partition coefficient (Wildman–Crippen LogP) is 6.64. The molecule has 2 nitrogen and oxygen atoms in total. The zero-order valence-electron chi connectivity index (χ0n) is 16.1. The second-order valence-corrected chi connectivity index (χ2v) is 8.74. The number of hydrogen-bond donors (Lipinski definition) is 0. The number of ether oxygens (including phenoxy) is 1. The summed E-state index contributed by atoms with van der Waals surface area (Å²) in [7, 11) is 0. The van der Waals surface area contributed by atoms with E-state index in [9.17, 15) is 4.79 Å². The van der Waals surface area contributed by atoms with Crippen LogP contribution in [-0.4, -0.2) is 5.97 Å². The Hall–Kier alpha value is -2.03. The van der Waals surface area contributed by atoms with Crippen LogP contribution >= 0.6 is 23.2 Å². The zero-order valence-corrected chi connectivity index (χ0v) is 17.6. The van der Waals surface area contributed by atoms with Gasteiger partial charge in [0.1, 0.15) is 10.6 Å². The van der Waals surface area contributed by atoms with Crippen molar-refractivity contribution in [2.75, 3.05) is 0 Å². The van der Waals surface area contributed by atoms with Crippen LogP contribution in [0.25, 0.3) is 0 Å². The fourth-order valence-electron chi connectivity index (χ4n) is 3.80. The normalized spacial score (nSPS) is 20.7. The van der Waals surface area contributed by atoms with Gasteiger partial charge in [0.25, 0.3) is 0 Å². The first-order chi connectivity index (χ1) is 13.3. The highest BCUT2D eigenvalue weighted by molar-refractivity contribution is 6.55. The number of esters is 1. The molecular formula is C24H24Cl2O2. The Labute approximate surface area is 176 Å². The topological polar surface area (TPSA) is 26.3 Å². The van der Waals surface area contributed by atoms with Gasteiger partial charge < -0.3 is 4.74 Å². The van der Waals surface area contributed by atoms with Crippen molar-refractivity contribution in [3.63, 3.8) is 0 Å². The molecule has 0 saturated heterocycles. The molecule has 0 aliphatic heterocycles. The first-order valence-electron chi connectivity index (χ1n) is 9.32. The van der Waals surface area contributed by atoms with Crippen molar-refractivity contribution in [1.82, 2.24) is 0 Å². The quantitative estimate of drug-likeness (QED) is 0.374. The van der Waals surface area contributed by atoms with Gasteiger partial charge in [0, 0.05) is 0 Å². The van der Waals surface area contributed by atoms with Gasteiger partial charge >= 0.3 is 5.97 Å². The number of allylic oxidation sites excluding steroid dienone is 1. The van der Waals surface area contributed by atoms with E-state index >= 15 is 0 Å². The fourth-order valence-corrected chi connectivity index (χ4v) is 4.07. The fraction of sp³-hybridized carbons (Fsp3) is 0.292. The van der Waals surface area contributed by atoms with E-state index < -0.39 is 6.10 Å². The lowest BCUT2D eigenvalue weighted by Crippen LogP contribution is -2.15. The lowest BCUT2D eigenvalue weighted by molar-refractivity contribution is -0.149. The van der Waals surface area contributed by atoms with Crippen LogP contribution in [0.4, 0.5) is 0 Å². The number of carbonyl (C=O) groups excluding carboxylic acids is 1. The van der Waals surface area contributed by atoms with Crippen molar-refractivity contribution >= 4 is 29.2 Å². The maximum absolute atomic E-state index is 12.8. The largest absolute Gasteiger partial charge is 0.453 e. The Balaban J connectivity index is 1.78. The molecule has 0 N–H and O–H groups in total. The average molecular weight is 415 g/mol.